The van der Waals surface area contributed by atoms with Gasteiger partial charge in [-0.25, -0.2) is 0 Å². The van der Waals surface area contributed by atoms with E-state index >= 15 is 0 Å². The molecule has 0 nitrogen and oxygen atoms in total. The van der Waals surface area contributed by atoms with E-state index in [0.29, 0.717) is 0 Å². The van der Waals surface area contributed by atoms with Crippen LogP contribution in [0.25, 0.3) is 10.4 Å². The molecule has 0 atom stereocenters. The van der Waals surface area contributed by atoms with Crippen LogP contribution in [0.15, 0.2) is 30.3 Å². The summed E-state index contributed by atoms with van der Waals surface area (Å²) in [6.07, 6.45) is 0. The van der Waals surface area contributed by atoms with Crippen LogP contribution in [-0.2, 0) is 0 Å². The summed E-state index contributed by atoms with van der Waals surface area (Å²) >= 11 is 6.73. The summed E-state index contributed by atoms with van der Waals surface area (Å²) in [5.41, 5.74) is 1.33. The fourth-order valence-electron chi connectivity index (χ4n) is 1.27. The van der Waals surface area contributed by atoms with Crippen LogP contribution in [0.1, 0.15) is 4.88 Å². The molecule has 3 heteroatoms. The first-order chi connectivity index (χ1) is 6.70. The zero-order chi connectivity index (χ0) is 10.1. The molecular formula is C11H8I2S. The molecule has 0 bridgehead atoms. The second-order valence-corrected chi connectivity index (χ2v) is 6.36. The molecule has 0 unspecified atom stereocenters. The Morgan fingerprint density at radius 1 is 1.00 bits per heavy atom. The summed E-state index contributed by atoms with van der Waals surface area (Å²) in [5.74, 6) is 0. The Labute approximate surface area is 115 Å². The monoisotopic (exact) mass is 426 g/mol. The van der Waals surface area contributed by atoms with E-state index in [4.69, 9.17) is 0 Å². The Bertz CT molecular complexity index is 446. The van der Waals surface area contributed by atoms with E-state index in [2.05, 4.69) is 82.4 Å². The van der Waals surface area contributed by atoms with Gasteiger partial charge in [0.15, 0.2) is 0 Å². The van der Waals surface area contributed by atoms with E-state index in [-0.39, 0.29) is 0 Å². The van der Waals surface area contributed by atoms with Gasteiger partial charge in [0.05, 0.1) is 0 Å². The summed E-state index contributed by atoms with van der Waals surface area (Å²) in [6.45, 7) is 2.18. The van der Waals surface area contributed by atoms with Crippen molar-refractivity contribution in [2.24, 2.45) is 0 Å². The Balaban J connectivity index is 2.58. The quantitative estimate of drug-likeness (QED) is 0.568. The normalized spacial score (nSPS) is 10.5. The summed E-state index contributed by atoms with van der Waals surface area (Å²) in [4.78, 5) is 2.81. The summed E-state index contributed by atoms with van der Waals surface area (Å²) in [5, 5.41) is 0. The predicted molar refractivity (Wildman–Crippen MR) is 79.9 cm³/mol. The molecular weight excluding hydrogens is 418 g/mol. The highest BCUT2D eigenvalue weighted by molar-refractivity contribution is 14.1. The number of halogens is 2. The molecule has 0 aliphatic rings. The fourth-order valence-corrected chi connectivity index (χ4v) is 4.23. The molecule has 1 aromatic heterocycles. The molecule has 0 N–H and O–H groups in total. The maximum absolute atomic E-state index is 2.43. The zero-order valence-electron chi connectivity index (χ0n) is 7.55. The number of aryl methyl sites for hydroxylation is 1. The van der Waals surface area contributed by atoms with Gasteiger partial charge in [-0.1, -0.05) is 30.3 Å². The molecule has 0 aliphatic heterocycles. The molecule has 0 aliphatic carbocycles. The van der Waals surface area contributed by atoms with E-state index in [1.807, 2.05) is 11.3 Å². The fraction of sp³-hybridized carbons (Fsp3) is 0.0909. The average Bonchev–Trinajstić information content (AvgIpc) is 2.47. The smallest absolute Gasteiger partial charge is 0.0490 e. The van der Waals surface area contributed by atoms with Crippen LogP contribution in [0.2, 0.25) is 0 Å². The molecule has 0 radical (unpaired) electrons. The maximum Gasteiger partial charge on any atom is 0.0490 e. The van der Waals surface area contributed by atoms with Gasteiger partial charge in [0, 0.05) is 16.9 Å². The summed E-state index contributed by atoms with van der Waals surface area (Å²) in [6, 6.07) is 10.6. The summed E-state index contributed by atoms with van der Waals surface area (Å²) in [7, 11) is 0. The van der Waals surface area contributed by atoms with E-state index in [1.165, 1.54) is 22.5 Å². The lowest BCUT2D eigenvalue weighted by Crippen LogP contribution is -1.76. The minimum atomic E-state index is 1.33. The SMILES string of the molecule is Cc1sc(-c2ccccc2)c(I)c1I. The Hall–Kier alpha value is 0.380. The number of rotatable bonds is 1. The van der Waals surface area contributed by atoms with Crippen LogP contribution < -0.4 is 0 Å². The van der Waals surface area contributed by atoms with E-state index < -0.39 is 0 Å². The maximum atomic E-state index is 2.43. The number of hydrogen-bond acceptors (Lipinski definition) is 1. The van der Waals surface area contributed by atoms with Crippen molar-refractivity contribution in [3.63, 3.8) is 0 Å². The van der Waals surface area contributed by atoms with Crippen molar-refractivity contribution in [1.29, 1.82) is 0 Å². The Morgan fingerprint density at radius 2 is 1.64 bits per heavy atom. The number of benzene rings is 1. The largest absolute Gasteiger partial charge is 0.138 e. The lowest BCUT2D eigenvalue weighted by molar-refractivity contribution is 1.55. The highest BCUT2D eigenvalue weighted by Gasteiger charge is 2.11. The van der Waals surface area contributed by atoms with Crippen LogP contribution in [0.4, 0.5) is 0 Å². The molecule has 0 spiro atoms. The first kappa shape index (κ1) is 10.9. The first-order valence-electron chi connectivity index (χ1n) is 4.20. The highest BCUT2D eigenvalue weighted by atomic mass is 127. The molecule has 2 rings (SSSR count). The lowest BCUT2D eigenvalue weighted by Gasteiger charge is -1.97. The molecule has 0 saturated carbocycles. The van der Waals surface area contributed by atoms with Crippen LogP contribution >= 0.6 is 56.5 Å². The van der Waals surface area contributed by atoms with Crippen molar-refractivity contribution in [3.05, 3.63) is 42.3 Å². The van der Waals surface area contributed by atoms with Crippen molar-refractivity contribution in [1.82, 2.24) is 0 Å². The van der Waals surface area contributed by atoms with Crippen molar-refractivity contribution in [3.8, 4) is 10.4 Å². The second kappa shape index (κ2) is 4.49. The Kier molecular flexibility index (Phi) is 3.49. The average molecular weight is 426 g/mol. The van der Waals surface area contributed by atoms with Gasteiger partial charge in [-0.05, 0) is 57.7 Å². The van der Waals surface area contributed by atoms with Crippen LogP contribution in [0, 0.1) is 14.1 Å². The molecule has 1 aromatic carbocycles. The predicted octanol–water partition coefficient (Wildman–Crippen LogP) is 4.93. The van der Waals surface area contributed by atoms with Crippen molar-refractivity contribution in [2.75, 3.05) is 0 Å². The van der Waals surface area contributed by atoms with E-state index in [9.17, 15) is 0 Å². The number of thiophene rings is 1. The van der Waals surface area contributed by atoms with Gasteiger partial charge in [-0.15, -0.1) is 11.3 Å². The molecule has 0 amide bonds. The topological polar surface area (TPSA) is 0 Å². The van der Waals surface area contributed by atoms with Crippen molar-refractivity contribution < 1.29 is 0 Å². The van der Waals surface area contributed by atoms with Gasteiger partial charge in [-0.3, -0.25) is 0 Å². The molecule has 2 aromatic rings. The van der Waals surface area contributed by atoms with Crippen molar-refractivity contribution in [2.45, 2.75) is 6.92 Å². The van der Waals surface area contributed by atoms with Crippen molar-refractivity contribution >= 4 is 56.5 Å². The molecule has 0 saturated heterocycles. The summed E-state index contributed by atoms with van der Waals surface area (Å²) < 4.78 is 2.78. The molecule has 0 fully saturated rings. The van der Waals surface area contributed by atoms with Gasteiger partial charge in [0.2, 0.25) is 0 Å². The van der Waals surface area contributed by atoms with Gasteiger partial charge >= 0.3 is 0 Å². The van der Waals surface area contributed by atoms with E-state index in [1.54, 1.807) is 0 Å². The third-order valence-corrected chi connectivity index (χ3v) is 7.34. The zero-order valence-corrected chi connectivity index (χ0v) is 12.7. The van der Waals surface area contributed by atoms with Crippen LogP contribution in [-0.4, -0.2) is 0 Å². The lowest BCUT2D eigenvalue weighted by atomic mass is 10.2. The standard InChI is InChI=1S/C11H8I2S/c1-7-9(12)10(13)11(14-7)8-5-3-2-4-6-8/h2-6H,1H3. The van der Waals surface area contributed by atoms with Crippen LogP contribution in [0.5, 0.6) is 0 Å². The minimum absolute atomic E-state index is 1.33. The van der Waals surface area contributed by atoms with Gasteiger partial charge in [0.1, 0.15) is 0 Å². The van der Waals surface area contributed by atoms with Gasteiger partial charge < -0.3 is 0 Å². The highest BCUT2D eigenvalue weighted by Crippen LogP contribution is 2.37. The number of hydrogen-bond donors (Lipinski definition) is 0. The van der Waals surface area contributed by atoms with Crippen LogP contribution in [0.3, 0.4) is 0 Å². The first-order valence-corrected chi connectivity index (χ1v) is 7.17. The molecule has 1 heterocycles. The van der Waals surface area contributed by atoms with E-state index in [0.717, 1.165) is 0 Å². The Morgan fingerprint density at radius 3 is 2.14 bits per heavy atom. The molecule has 14 heavy (non-hydrogen) atoms. The van der Waals surface area contributed by atoms with Gasteiger partial charge in [0.25, 0.3) is 0 Å². The molecule has 72 valence electrons. The third-order valence-electron chi connectivity index (χ3n) is 1.99. The second-order valence-electron chi connectivity index (χ2n) is 2.98. The third kappa shape index (κ3) is 1.99. The minimum Gasteiger partial charge on any atom is -0.138 e. The van der Waals surface area contributed by atoms with Gasteiger partial charge in [-0.2, -0.15) is 0 Å².